The van der Waals surface area contributed by atoms with E-state index in [1.54, 1.807) is 24.3 Å². The molecular weight excluding hydrogens is 278 g/mol. The van der Waals surface area contributed by atoms with Crippen LogP contribution in [0.15, 0.2) is 42.5 Å². The van der Waals surface area contributed by atoms with E-state index in [0.29, 0.717) is 17.7 Å². The molecule has 0 aliphatic rings. The number of nitrogens with one attached hydrogen (secondary N) is 1. The standard InChI is InChI=1S/C18H19NO3/c1-12-4-5-13(2)16(10-12)17(20)19-11-14-6-8-15(9-7-14)18(21)22-3/h4-10H,11H2,1-3H3,(H,19,20). The molecule has 2 rings (SSSR count). The predicted molar refractivity (Wildman–Crippen MR) is 84.9 cm³/mol. The van der Waals surface area contributed by atoms with E-state index in [-0.39, 0.29) is 11.9 Å². The van der Waals surface area contributed by atoms with Crippen LogP contribution in [0, 0.1) is 13.8 Å². The van der Waals surface area contributed by atoms with Crippen LogP contribution < -0.4 is 5.32 Å². The number of esters is 1. The lowest BCUT2D eigenvalue weighted by atomic mass is 10.0. The third-order valence-corrected chi connectivity index (χ3v) is 3.47. The van der Waals surface area contributed by atoms with E-state index < -0.39 is 0 Å². The minimum Gasteiger partial charge on any atom is -0.465 e. The van der Waals surface area contributed by atoms with Gasteiger partial charge < -0.3 is 10.1 Å². The first-order valence-corrected chi connectivity index (χ1v) is 7.04. The van der Waals surface area contributed by atoms with Crippen LogP contribution in [-0.2, 0) is 11.3 Å². The van der Waals surface area contributed by atoms with E-state index in [2.05, 4.69) is 10.1 Å². The summed E-state index contributed by atoms with van der Waals surface area (Å²) in [6, 6.07) is 12.8. The van der Waals surface area contributed by atoms with E-state index in [1.807, 2.05) is 32.0 Å². The number of methoxy groups -OCH3 is 1. The summed E-state index contributed by atoms with van der Waals surface area (Å²) in [4.78, 5) is 23.6. The van der Waals surface area contributed by atoms with Crippen LogP contribution in [0.25, 0.3) is 0 Å². The van der Waals surface area contributed by atoms with Crippen molar-refractivity contribution in [3.63, 3.8) is 0 Å². The van der Waals surface area contributed by atoms with Gasteiger partial charge in [-0.3, -0.25) is 4.79 Å². The number of amides is 1. The molecule has 22 heavy (non-hydrogen) atoms. The molecule has 0 atom stereocenters. The Hall–Kier alpha value is -2.62. The minimum atomic E-state index is -0.369. The number of benzene rings is 2. The van der Waals surface area contributed by atoms with Crippen molar-refractivity contribution in [2.75, 3.05) is 7.11 Å². The van der Waals surface area contributed by atoms with Crippen molar-refractivity contribution < 1.29 is 14.3 Å². The lowest BCUT2D eigenvalue weighted by Crippen LogP contribution is -2.23. The molecule has 0 fully saturated rings. The molecular formula is C18H19NO3. The number of aryl methyl sites for hydroxylation is 2. The fourth-order valence-corrected chi connectivity index (χ4v) is 2.13. The lowest BCUT2D eigenvalue weighted by Gasteiger charge is -2.09. The second kappa shape index (κ2) is 6.89. The fourth-order valence-electron chi connectivity index (χ4n) is 2.13. The summed E-state index contributed by atoms with van der Waals surface area (Å²) in [7, 11) is 1.35. The maximum Gasteiger partial charge on any atom is 0.337 e. The highest BCUT2D eigenvalue weighted by Crippen LogP contribution is 2.11. The summed E-state index contributed by atoms with van der Waals surface area (Å²) in [5, 5.41) is 2.89. The molecule has 0 radical (unpaired) electrons. The molecule has 0 spiro atoms. The highest BCUT2D eigenvalue weighted by molar-refractivity contribution is 5.95. The van der Waals surface area contributed by atoms with Gasteiger partial charge in [0.1, 0.15) is 0 Å². The summed E-state index contributed by atoms with van der Waals surface area (Å²) in [5.41, 5.74) is 4.10. The normalized spacial score (nSPS) is 10.1. The number of rotatable bonds is 4. The SMILES string of the molecule is COC(=O)c1ccc(CNC(=O)c2cc(C)ccc2C)cc1. The third kappa shape index (κ3) is 3.73. The van der Waals surface area contributed by atoms with Crippen LogP contribution in [0.4, 0.5) is 0 Å². The minimum absolute atomic E-state index is 0.0988. The number of carbonyl (C=O) groups is 2. The molecule has 114 valence electrons. The van der Waals surface area contributed by atoms with Crippen LogP contribution in [0.1, 0.15) is 37.4 Å². The van der Waals surface area contributed by atoms with Crippen molar-refractivity contribution in [1.82, 2.24) is 5.32 Å². The molecule has 0 aliphatic heterocycles. The summed E-state index contributed by atoms with van der Waals surface area (Å²) in [6.07, 6.45) is 0. The average molecular weight is 297 g/mol. The summed E-state index contributed by atoms with van der Waals surface area (Å²) in [6.45, 7) is 4.29. The van der Waals surface area contributed by atoms with Gasteiger partial charge in [-0.2, -0.15) is 0 Å². The van der Waals surface area contributed by atoms with Crippen LogP contribution in [0.5, 0.6) is 0 Å². The van der Waals surface area contributed by atoms with Crippen molar-refractivity contribution >= 4 is 11.9 Å². The second-order valence-electron chi connectivity index (χ2n) is 5.19. The van der Waals surface area contributed by atoms with Crippen molar-refractivity contribution in [2.24, 2.45) is 0 Å². The average Bonchev–Trinajstić information content (AvgIpc) is 2.54. The molecule has 4 nitrogen and oxygen atoms in total. The van der Waals surface area contributed by atoms with Crippen molar-refractivity contribution in [2.45, 2.75) is 20.4 Å². The number of carbonyl (C=O) groups excluding carboxylic acids is 2. The summed E-state index contributed by atoms with van der Waals surface area (Å²) < 4.78 is 4.65. The van der Waals surface area contributed by atoms with E-state index in [4.69, 9.17) is 0 Å². The maximum absolute atomic E-state index is 12.2. The molecule has 0 heterocycles. The molecule has 0 saturated carbocycles. The summed E-state index contributed by atoms with van der Waals surface area (Å²) in [5.74, 6) is -0.468. The zero-order valence-corrected chi connectivity index (χ0v) is 13.0. The first-order chi connectivity index (χ1) is 10.5. The van der Waals surface area contributed by atoms with Gasteiger partial charge in [0.15, 0.2) is 0 Å². The van der Waals surface area contributed by atoms with Crippen molar-refractivity contribution in [3.05, 3.63) is 70.3 Å². The first-order valence-electron chi connectivity index (χ1n) is 7.04. The first kappa shape index (κ1) is 15.8. The maximum atomic E-state index is 12.2. The molecule has 0 unspecified atom stereocenters. The Morgan fingerprint density at radius 1 is 1.05 bits per heavy atom. The van der Waals surface area contributed by atoms with Gasteiger partial charge >= 0.3 is 5.97 Å². The Balaban J connectivity index is 2.02. The topological polar surface area (TPSA) is 55.4 Å². The van der Waals surface area contributed by atoms with Crippen LogP contribution in [0.2, 0.25) is 0 Å². The number of hydrogen-bond acceptors (Lipinski definition) is 3. The van der Waals surface area contributed by atoms with Crippen molar-refractivity contribution in [3.8, 4) is 0 Å². The highest BCUT2D eigenvalue weighted by Gasteiger charge is 2.09. The van der Waals surface area contributed by atoms with Gasteiger partial charge in [-0.25, -0.2) is 4.79 Å². The molecule has 4 heteroatoms. The van der Waals surface area contributed by atoms with Gasteiger partial charge in [0, 0.05) is 12.1 Å². The lowest BCUT2D eigenvalue weighted by molar-refractivity contribution is 0.0600. The monoisotopic (exact) mass is 297 g/mol. The van der Waals surface area contributed by atoms with E-state index >= 15 is 0 Å². The van der Waals surface area contributed by atoms with E-state index in [0.717, 1.165) is 16.7 Å². The van der Waals surface area contributed by atoms with Gasteiger partial charge in [-0.05, 0) is 43.2 Å². The van der Waals surface area contributed by atoms with E-state index in [9.17, 15) is 9.59 Å². The number of ether oxygens (including phenoxy) is 1. The zero-order chi connectivity index (χ0) is 16.1. The van der Waals surface area contributed by atoms with Gasteiger partial charge in [0.2, 0.25) is 0 Å². The molecule has 1 N–H and O–H groups in total. The molecule has 1 amide bonds. The third-order valence-electron chi connectivity index (χ3n) is 3.47. The molecule has 0 saturated heterocycles. The Bertz CT molecular complexity index is 690. The Morgan fingerprint density at radius 2 is 1.73 bits per heavy atom. The Labute approximate surface area is 130 Å². The molecule has 2 aromatic rings. The van der Waals surface area contributed by atoms with Crippen LogP contribution in [0.3, 0.4) is 0 Å². The largest absolute Gasteiger partial charge is 0.465 e. The number of hydrogen-bond donors (Lipinski definition) is 1. The van der Waals surface area contributed by atoms with Gasteiger partial charge in [0.25, 0.3) is 5.91 Å². The quantitative estimate of drug-likeness (QED) is 0.883. The van der Waals surface area contributed by atoms with Gasteiger partial charge in [-0.1, -0.05) is 29.8 Å². The molecule has 0 aromatic heterocycles. The van der Waals surface area contributed by atoms with Crippen molar-refractivity contribution in [1.29, 1.82) is 0 Å². The van der Waals surface area contributed by atoms with Crippen LogP contribution >= 0.6 is 0 Å². The van der Waals surface area contributed by atoms with Gasteiger partial charge in [-0.15, -0.1) is 0 Å². The fraction of sp³-hybridized carbons (Fsp3) is 0.222. The predicted octanol–water partition coefficient (Wildman–Crippen LogP) is 3.02. The molecule has 0 aliphatic carbocycles. The summed E-state index contributed by atoms with van der Waals surface area (Å²) >= 11 is 0. The molecule has 0 bridgehead atoms. The van der Waals surface area contributed by atoms with E-state index in [1.165, 1.54) is 7.11 Å². The smallest absolute Gasteiger partial charge is 0.337 e. The van der Waals surface area contributed by atoms with Gasteiger partial charge in [0.05, 0.1) is 12.7 Å². The second-order valence-corrected chi connectivity index (χ2v) is 5.19. The van der Waals surface area contributed by atoms with Crippen LogP contribution in [-0.4, -0.2) is 19.0 Å². The highest BCUT2D eigenvalue weighted by atomic mass is 16.5. The Morgan fingerprint density at radius 3 is 2.36 bits per heavy atom. The zero-order valence-electron chi connectivity index (χ0n) is 13.0. The Kier molecular flexibility index (Phi) is 4.94. The molecule has 2 aromatic carbocycles.